The predicted molar refractivity (Wildman–Crippen MR) is 75.4 cm³/mol. The fourth-order valence-corrected chi connectivity index (χ4v) is 2.72. The number of halogens is 2. The average Bonchev–Trinajstić information content (AvgIpc) is 2.33. The number of hydrogen-bond acceptors (Lipinski definition) is 3. The maximum absolute atomic E-state index is 6.14. The molecule has 0 unspecified atom stereocenters. The fraction of sp³-hybridized carbons (Fsp3) is 0.385. The summed E-state index contributed by atoms with van der Waals surface area (Å²) < 4.78 is 5.92. The van der Waals surface area contributed by atoms with Crippen LogP contribution in [0.15, 0.2) is 18.3 Å². The Morgan fingerprint density at radius 2 is 2.28 bits per heavy atom. The van der Waals surface area contributed by atoms with Gasteiger partial charge in [-0.15, -0.1) is 0 Å². The summed E-state index contributed by atoms with van der Waals surface area (Å²) in [7, 11) is 0. The van der Waals surface area contributed by atoms with Gasteiger partial charge in [-0.3, -0.25) is 4.98 Å². The normalized spacial score (nSPS) is 15.7. The molecule has 0 saturated heterocycles. The van der Waals surface area contributed by atoms with Crippen molar-refractivity contribution in [1.82, 2.24) is 9.97 Å². The lowest BCUT2D eigenvalue weighted by Gasteiger charge is -2.26. The third-order valence-electron chi connectivity index (χ3n) is 3.19. The Morgan fingerprint density at radius 3 is 2.94 bits per heavy atom. The number of pyridine rings is 2. The van der Waals surface area contributed by atoms with Crippen molar-refractivity contribution in [3.63, 3.8) is 0 Å². The van der Waals surface area contributed by atoms with Gasteiger partial charge in [-0.1, -0.05) is 27.5 Å². The quantitative estimate of drug-likeness (QED) is 0.628. The number of ether oxygens (including phenoxy) is 1. The van der Waals surface area contributed by atoms with Crippen molar-refractivity contribution in [1.29, 1.82) is 0 Å². The highest BCUT2D eigenvalue weighted by Crippen LogP contribution is 2.31. The van der Waals surface area contributed by atoms with Crippen molar-refractivity contribution in [2.75, 3.05) is 0 Å². The van der Waals surface area contributed by atoms with Gasteiger partial charge in [0.2, 0.25) is 0 Å². The largest absolute Gasteiger partial charge is 0.488 e. The van der Waals surface area contributed by atoms with Crippen LogP contribution in [0.25, 0.3) is 11.0 Å². The van der Waals surface area contributed by atoms with E-state index in [0.717, 1.165) is 35.2 Å². The zero-order valence-electron chi connectivity index (χ0n) is 9.70. The van der Waals surface area contributed by atoms with Crippen molar-refractivity contribution in [2.24, 2.45) is 0 Å². The van der Waals surface area contributed by atoms with E-state index in [4.69, 9.17) is 16.3 Å². The molecule has 1 aliphatic rings. The lowest BCUT2D eigenvalue weighted by Crippen LogP contribution is -2.24. The molecule has 3 rings (SSSR count). The second-order valence-electron chi connectivity index (χ2n) is 4.42. The van der Waals surface area contributed by atoms with Crippen LogP contribution in [-0.2, 0) is 5.33 Å². The van der Waals surface area contributed by atoms with Crippen LogP contribution in [0, 0.1) is 0 Å². The Kier molecular flexibility index (Phi) is 3.39. The second kappa shape index (κ2) is 5.02. The summed E-state index contributed by atoms with van der Waals surface area (Å²) >= 11 is 9.53. The number of rotatable bonds is 3. The van der Waals surface area contributed by atoms with Gasteiger partial charge in [-0.05, 0) is 25.3 Å². The highest BCUT2D eigenvalue weighted by atomic mass is 79.9. The van der Waals surface area contributed by atoms with Crippen LogP contribution in [0.4, 0.5) is 0 Å². The smallest absolute Gasteiger partial charge is 0.149 e. The maximum Gasteiger partial charge on any atom is 0.149 e. The van der Waals surface area contributed by atoms with E-state index in [1.54, 1.807) is 6.20 Å². The van der Waals surface area contributed by atoms with Gasteiger partial charge in [0.05, 0.1) is 11.6 Å². The van der Waals surface area contributed by atoms with Gasteiger partial charge in [0.1, 0.15) is 16.4 Å². The molecule has 2 aromatic heterocycles. The Hall–Kier alpha value is -0.870. The standard InChI is InChI=1S/C13H12BrClN2O/c14-7-8-6-10-12(17-13(8)15)11(4-5-16-10)18-9-2-1-3-9/h4-6,9H,1-3,7H2. The zero-order valence-corrected chi connectivity index (χ0v) is 12.0. The third-order valence-corrected chi connectivity index (χ3v) is 4.12. The molecule has 0 aliphatic heterocycles. The van der Waals surface area contributed by atoms with E-state index < -0.39 is 0 Å². The molecule has 0 amide bonds. The predicted octanol–water partition coefficient (Wildman–Crippen LogP) is 4.11. The number of nitrogens with zero attached hydrogens (tertiary/aromatic N) is 2. The first-order valence-electron chi connectivity index (χ1n) is 5.94. The molecule has 0 N–H and O–H groups in total. The molecular weight excluding hydrogens is 316 g/mol. The van der Waals surface area contributed by atoms with E-state index in [9.17, 15) is 0 Å². The number of fused-ring (bicyclic) bond motifs is 1. The Balaban J connectivity index is 2.05. The minimum absolute atomic E-state index is 0.326. The van der Waals surface area contributed by atoms with Gasteiger partial charge in [-0.25, -0.2) is 4.98 Å². The topological polar surface area (TPSA) is 35.0 Å². The molecule has 94 valence electrons. The van der Waals surface area contributed by atoms with Crippen LogP contribution in [0.1, 0.15) is 24.8 Å². The van der Waals surface area contributed by atoms with Crippen LogP contribution in [0.2, 0.25) is 5.15 Å². The molecule has 5 heteroatoms. The molecule has 0 atom stereocenters. The van der Waals surface area contributed by atoms with Crippen LogP contribution in [0.5, 0.6) is 5.75 Å². The summed E-state index contributed by atoms with van der Waals surface area (Å²) in [6.45, 7) is 0. The fourth-order valence-electron chi connectivity index (χ4n) is 1.92. The Labute approximate surface area is 119 Å². The average molecular weight is 328 g/mol. The highest BCUT2D eigenvalue weighted by Gasteiger charge is 2.20. The van der Waals surface area contributed by atoms with Gasteiger partial charge in [0, 0.05) is 23.2 Å². The van der Waals surface area contributed by atoms with Crippen LogP contribution in [0.3, 0.4) is 0 Å². The minimum Gasteiger partial charge on any atom is -0.488 e. The van der Waals surface area contributed by atoms with Crippen LogP contribution in [-0.4, -0.2) is 16.1 Å². The summed E-state index contributed by atoms with van der Waals surface area (Å²) in [6, 6.07) is 3.81. The maximum atomic E-state index is 6.14. The Morgan fingerprint density at radius 1 is 1.44 bits per heavy atom. The highest BCUT2D eigenvalue weighted by molar-refractivity contribution is 9.08. The first kappa shape index (κ1) is 12.2. The van der Waals surface area contributed by atoms with Crippen molar-refractivity contribution in [2.45, 2.75) is 30.7 Å². The van der Waals surface area contributed by atoms with Crippen molar-refractivity contribution in [3.05, 3.63) is 29.0 Å². The van der Waals surface area contributed by atoms with Crippen LogP contribution < -0.4 is 4.74 Å². The van der Waals surface area contributed by atoms with Crippen molar-refractivity contribution in [3.8, 4) is 5.75 Å². The number of hydrogen-bond donors (Lipinski definition) is 0. The van der Waals surface area contributed by atoms with Crippen molar-refractivity contribution < 1.29 is 4.74 Å². The Bertz CT molecular complexity index is 586. The van der Waals surface area contributed by atoms with Gasteiger partial charge in [0.15, 0.2) is 0 Å². The molecular formula is C13H12BrClN2O. The van der Waals surface area contributed by atoms with E-state index in [1.165, 1.54) is 6.42 Å². The SMILES string of the molecule is Clc1nc2c(OC3CCC3)ccnc2cc1CBr. The molecule has 2 aromatic rings. The van der Waals surface area contributed by atoms with E-state index in [2.05, 4.69) is 25.9 Å². The third kappa shape index (κ3) is 2.19. The second-order valence-corrected chi connectivity index (χ2v) is 5.34. The first-order chi connectivity index (χ1) is 8.78. The van der Waals surface area contributed by atoms with E-state index in [0.29, 0.717) is 16.6 Å². The van der Waals surface area contributed by atoms with E-state index in [1.807, 2.05) is 12.1 Å². The molecule has 0 bridgehead atoms. The monoisotopic (exact) mass is 326 g/mol. The molecule has 18 heavy (non-hydrogen) atoms. The molecule has 2 heterocycles. The number of alkyl halides is 1. The zero-order chi connectivity index (χ0) is 12.5. The van der Waals surface area contributed by atoms with Gasteiger partial charge < -0.3 is 4.74 Å². The first-order valence-corrected chi connectivity index (χ1v) is 7.44. The molecule has 1 saturated carbocycles. The molecule has 0 radical (unpaired) electrons. The lowest BCUT2D eigenvalue weighted by atomic mass is 9.96. The molecule has 1 aliphatic carbocycles. The van der Waals surface area contributed by atoms with Gasteiger partial charge in [0.25, 0.3) is 0 Å². The summed E-state index contributed by atoms with van der Waals surface area (Å²) in [5.41, 5.74) is 2.52. The lowest BCUT2D eigenvalue weighted by molar-refractivity contribution is 0.122. The van der Waals surface area contributed by atoms with E-state index >= 15 is 0 Å². The summed E-state index contributed by atoms with van der Waals surface area (Å²) in [4.78, 5) is 8.73. The molecule has 1 fully saturated rings. The van der Waals surface area contributed by atoms with Crippen LogP contribution >= 0.6 is 27.5 Å². The molecule has 0 aromatic carbocycles. The summed E-state index contributed by atoms with van der Waals surface area (Å²) in [5, 5.41) is 1.18. The molecule has 3 nitrogen and oxygen atoms in total. The van der Waals surface area contributed by atoms with Crippen molar-refractivity contribution >= 4 is 38.6 Å². The summed E-state index contributed by atoms with van der Waals surface area (Å²) in [5.74, 6) is 0.785. The van der Waals surface area contributed by atoms with E-state index in [-0.39, 0.29) is 0 Å². The van der Waals surface area contributed by atoms with Gasteiger partial charge >= 0.3 is 0 Å². The minimum atomic E-state index is 0.326. The van der Waals surface area contributed by atoms with Gasteiger partial charge in [-0.2, -0.15) is 0 Å². The number of aromatic nitrogens is 2. The molecule has 0 spiro atoms. The summed E-state index contributed by atoms with van der Waals surface area (Å²) in [6.07, 6.45) is 5.57.